The maximum atomic E-state index is 12.6. The Morgan fingerprint density at radius 1 is 1.04 bits per heavy atom. The van der Waals surface area contributed by atoms with E-state index in [1.807, 2.05) is 36.4 Å². The fourth-order valence-corrected chi connectivity index (χ4v) is 2.72. The van der Waals surface area contributed by atoms with Crippen molar-refractivity contribution in [3.05, 3.63) is 81.9 Å². The van der Waals surface area contributed by atoms with Crippen molar-refractivity contribution in [2.24, 2.45) is 0 Å². The summed E-state index contributed by atoms with van der Waals surface area (Å²) in [6.07, 6.45) is 1.63. The van der Waals surface area contributed by atoms with Gasteiger partial charge in [0.15, 0.2) is 0 Å². The van der Waals surface area contributed by atoms with E-state index in [-0.39, 0.29) is 5.91 Å². The molecule has 0 atom stereocenters. The first-order valence-corrected chi connectivity index (χ1v) is 8.34. The highest BCUT2D eigenvalue weighted by Gasteiger charge is 2.14. The van der Waals surface area contributed by atoms with Crippen LogP contribution in [0.25, 0.3) is 0 Å². The van der Waals surface area contributed by atoms with Gasteiger partial charge in [0.25, 0.3) is 5.91 Å². The van der Waals surface area contributed by atoms with Gasteiger partial charge < -0.3 is 10.6 Å². The minimum Gasteiger partial charge on any atom is -0.340 e. The van der Waals surface area contributed by atoms with Gasteiger partial charge in [-0.15, -0.1) is 0 Å². The number of benzene rings is 2. The summed E-state index contributed by atoms with van der Waals surface area (Å²) >= 11 is 9.41. The van der Waals surface area contributed by atoms with Crippen LogP contribution in [-0.2, 0) is 0 Å². The number of nitrogens with zero attached hydrogens (tertiary/aromatic N) is 1. The number of halogens is 2. The molecule has 0 radical (unpaired) electrons. The summed E-state index contributed by atoms with van der Waals surface area (Å²) < 4.78 is 0.812. The van der Waals surface area contributed by atoms with Crippen LogP contribution < -0.4 is 10.6 Å². The summed E-state index contributed by atoms with van der Waals surface area (Å²) in [5.74, 6) is 0.212. The van der Waals surface area contributed by atoms with E-state index in [1.54, 1.807) is 30.5 Å². The van der Waals surface area contributed by atoms with Gasteiger partial charge in [-0.1, -0.05) is 29.8 Å². The number of hydrogen-bond donors (Lipinski definition) is 2. The lowest BCUT2D eigenvalue weighted by molar-refractivity contribution is 0.102. The van der Waals surface area contributed by atoms with E-state index in [2.05, 4.69) is 31.5 Å². The van der Waals surface area contributed by atoms with Crippen molar-refractivity contribution in [2.45, 2.75) is 0 Å². The third-order valence-electron chi connectivity index (χ3n) is 3.26. The second-order valence-electron chi connectivity index (χ2n) is 4.97. The van der Waals surface area contributed by atoms with E-state index < -0.39 is 0 Å². The summed E-state index contributed by atoms with van der Waals surface area (Å²) in [5, 5.41) is 6.61. The molecule has 4 nitrogen and oxygen atoms in total. The number of carbonyl (C=O) groups excluding carboxylic acids is 1. The molecule has 24 heavy (non-hydrogen) atoms. The predicted octanol–water partition coefficient (Wildman–Crippen LogP) is 5.49. The summed E-state index contributed by atoms with van der Waals surface area (Å²) in [6, 6.07) is 18.1. The Bertz CT molecular complexity index is 885. The summed E-state index contributed by atoms with van der Waals surface area (Å²) in [7, 11) is 0. The molecule has 6 heteroatoms. The lowest BCUT2D eigenvalue weighted by Crippen LogP contribution is -2.15. The second kappa shape index (κ2) is 7.47. The number of carbonyl (C=O) groups is 1. The number of nitrogens with one attached hydrogen (secondary N) is 2. The van der Waals surface area contributed by atoms with Crippen LogP contribution in [0.1, 0.15) is 10.4 Å². The maximum Gasteiger partial charge on any atom is 0.259 e. The molecule has 2 N–H and O–H groups in total. The fraction of sp³-hybridized carbons (Fsp3) is 0. The maximum absolute atomic E-state index is 12.6. The number of rotatable bonds is 4. The van der Waals surface area contributed by atoms with Crippen molar-refractivity contribution < 1.29 is 4.79 Å². The zero-order chi connectivity index (χ0) is 16.9. The predicted molar refractivity (Wildman–Crippen MR) is 101 cm³/mol. The number of aromatic nitrogens is 1. The molecule has 0 aliphatic heterocycles. The summed E-state index contributed by atoms with van der Waals surface area (Å²) in [5.41, 5.74) is 1.89. The Balaban J connectivity index is 1.86. The van der Waals surface area contributed by atoms with E-state index in [1.165, 1.54) is 0 Å². The Morgan fingerprint density at radius 2 is 1.88 bits per heavy atom. The van der Waals surface area contributed by atoms with Gasteiger partial charge in [-0.25, -0.2) is 4.98 Å². The average molecular weight is 403 g/mol. The molecule has 2 aromatic carbocycles. The zero-order valence-electron chi connectivity index (χ0n) is 12.5. The highest BCUT2D eigenvalue weighted by molar-refractivity contribution is 9.10. The van der Waals surface area contributed by atoms with E-state index in [0.29, 0.717) is 22.1 Å². The monoisotopic (exact) mass is 401 g/mol. The molecule has 1 heterocycles. The van der Waals surface area contributed by atoms with Crippen LogP contribution in [0.5, 0.6) is 0 Å². The largest absolute Gasteiger partial charge is 0.340 e. The molecule has 0 bridgehead atoms. The standard InChI is InChI=1S/C18H13BrClN3O/c19-15-8-1-2-9-16(15)23-18(24)14-7-4-10-21-17(14)22-13-6-3-5-12(20)11-13/h1-11H,(H,21,22)(H,23,24). The van der Waals surface area contributed by atoms with E-state index in [9.17, 15) is 4.79 Å². The summed E-state index contributed by atoms with van der Waals surface area (Å²) in [6.45, 7) is 0. The molecule has 0 unspecified atom stereocenters. The molecular formula is C18H13BrClN3O. The summed E-state index contributed by atoms with van der Waals surface area (Å²) in [4.78, 5) is 16.9. The van der Waals surface area contributed by atoms with E-state index >= 15 is 0 Å². The van der Waals surface area contributed by atoms with Gasteiger partial charge in [0, 0.05) is 21.4 Å². The highest BCUT2D eigenvalue weighted by Crippen LogP contribution is 2.25. The quantitative estimate of drug-likeness (QED) is 0.606. The van der Waals surface area contributed by atoms with Crippen LogP contribution in [0.2, 0.25) is 5.02 Å². The molecule has 0 saturated carbocycles. The van der Waals surface area contributed by atoms with Gasteiger partial charge in [0.2, 0.25) is 0 Å². The number of hydrogen-bond acceptors (Lipinski definition) is 3. The van der Waals surface area contributed by atoms with Gasteiger partial charge in [0.05, 0.1) is 11.3 Å². The van der Waals surface area contributed by atoms with E-state index in [4.69, 9.17) is 11.6 Å². The molecule has 1 amide bonds. The van der Waals surface area contributed by atoms with Crippen LogP contribution >= 0.6 is 27.5 Å². The minimum absolute atomic E-state index is 0.250. The van der Waals surface area contributed by atoms with Crippen molar-refractivity contribution in [3.8, 4) is 0 Å². The van der Waals surface area contributed by atoms with Gasteiger partial charge >= 0.3 is 0 Å². The molecular weight excluding hydrogens is 390 g/mol. The minimum atomic E-state index is -0.250. The first-order valence-electron chi connectivity index (χ1n) is 7.17. The number of anilines is 3. The Morgan fingerprint density at radius 3 is 2.67 bits per heavy atom. The van der Waals surface area contributed by atoms with Crippen LogP contribution in [-0.4, -0.2) is 10.9 Å². The van der Waals surface area contributed by atoms with Crippen molar-refractivity contribution in [1.29, 1.82) is 0 Å². The normalized spacial score (nSPS) is 10.2. The Hall–Kier alpha value is -2.37. The third-order valence-corrected chi connectivity index (χ3v) is 4.19. The highest BCUT2D eigenvalue weighted by atomic mass is 79.9. The SMILES string of the molecule is O=C(Nc1ccccc1Br)c1cccnc1Nc1cccc(Cl)c1. The van der Waals surface area contributed by atoms with Crippen LogP contribution in [0, 0.1) is 0 Å². The van der Waals surface area contributed by atoms with Gasteiger partial charge in [0.1, 0.15) is 5.82 Å². The molecule has 3 rings (SSSR count). The van der Waals surface area contributed by atoms with E-state index in [0.717, 1.165) is 10.2 Å². The van der Waals surface area contributed by atoms with Gasteiger partial charge in [-0.2, -0.15) is 0 Å². The second-order valence-corrected chi connectivity index (χ2v) is 6.26. The molecule has 0 saturated heterocycles. The van der Waals surface area contributed by atoms with Crippen molar-refractivity contribution >= 4 is 50.6 Å². The molecule has 1 aromatic heterocycles. The first-order chi connectivity index (χ1) is 11.6. The Kier molecular flexibility index (Phi) is 5.13. The zero-order valence-corrected chi connectivity index (χ0v) is 14.8. The van der Waals surface area contributed by atoms with Crippen molar-refractivity contribution in [1.82, 2.24) is 4.98 Å². The van der Waals surface area contributed by atoms with Gasteiger partial charge in [-0.05, 0) is 58.4 Å². The first kappa shape index (κ1) is 16.5. The van der Waals surface area contributed by atoms with Crippen molar-refractivity contribution in [3.63, 3.8) is 0 Å². The average Bonchev–Trinajstić information content (AvgIpc) is 2.57. The number of amides is 1. The molecule has 3 aromatic rings. The topological polar surface area (TPSA) is 54.0 Å². The van der Waals surface area contributed by atoms with Crippen LogP contribution in [0.15, 0.2) is 71.3 Å². The van der Waals surface area contributed by atoms with Crippen LogP contribution in [0.3, 0.4) is 0 Å². The number of pyridine rings is 1. The van der Waals surface area contributed by atoms with Gasteiger partial charge in [-0.3, -0.25) is 4.79 Å². The fourth-order valence-electron chi connectivity index (χ4n) is 2.14. The van der Waals surface area contributed by atoms with Crippen LogP contribution in [0.4, 0.5) is 17.2 Å². The molecule has 0 spiro atoms. The lowest BCUT2D eigenvalue weighted by Gasteiger charge is -2.12. The molecule has 0 aliphatic rings. The lowest BCUT2D eigenvalue weighted by atomic mass is 10.2. The molecule has 120 valence electrons. The number of para-hydroxylation sites is 1. The van der Waals surface area contributed by atoms with Crippen molar-refractivity contribution in [2.75, 3.05) is 10.6 Å². The molecule has 0 fully saturated rings. The smallest absolute Gasteiger partial charge is 0.259 e. The molecule has 0 aliphatic carbocycles. The Labute approximate surface area is 153 Å². The third kappa shape index (κ3) is 3.93.